The van der Waals surface area contributed by atoms with Crippen molar-refractivity contribution in [3.63, 3.8) is 0 Å². The molecule has 1 fully saturated rings. The van der Waals surface area contributed by atoms with Crippen molar-refractivity contribution in [2.45, 2.75) is 19.3 Å². The summed E-state index contributed by atoms with van der Waals surface area (Å²) in [6.07, 6.45) is 0.250. The van der Waals surface area contributed by atoms with E-state index in [0.717, 1.165) is 0 Å². The lowest BCUT2D eigenvalue weighted by atomic mass is 10.1. The highest BCUT2D eigenvalue weighted by atomic mass is 19.1. The van der Waals surface area contributed by atoms with Crippen molar-refractivity contribution >= 4 is 11.6 Å². The molecule has 1 saturated heterocycles. The van der Waals surface area contributed by atoms with Crippen LogP contribution in [0.5, 0.6) is 11.5 Å². The van der Waals surface area contributed by atoms with Crippen molar-refractivity contribution in [2.75, 3.05) is 25.7 Å². The first-order chi connectivity index (χ1) is 14.0. The molecule has 1 atom stereocenters. The van der Waals surface area contributed by atoms with Crippen LogP contribution in [-0.4, -0.2) is 36.8 Å². The third-order valence-corrected chi connectivity index (χ3v) is 4.98. The molecular formula is C21H20FN3O4. The van der Waals surface area contributed by atoms with E-state index in [4.69, 9.17) is 14.0 Å². The SMILES string of the molecule is COc1cc(OC)cc(-c2noc(C3CC(=O)N(c4ccc(F)cc4C)C3)n2)c1. The predicted octanol–water partition coefficient (Wildman–Crippen LogP) is 3.72. The fourth-order valence-electron chi connectivity index (χ4n) is 3.48. The molecule has 4 rings (SSSR count). The number of aryl methyl sites for hydroxylation is 1. The van der Waals surface area contributed by atoms with Gasteiger partial charge in [0.15, 0.2) is 0 Å². The molecule has 0 aliphatic carbocycles. The first kappa shape index (κ1) is 18.9. The average Bonchev–Trinajstić information content (AvgIpc) is 3.35. The van der Waals surface area contributed by atoms with Gasteiger partial charge in [-0.25, -0.2) is 4.39 Å². The Bertz CT molecular complexity index is 1040. The monoisotopic (exact) mass is 397 g/mol. The van der Waals surface area contributed by atoms with Gasteiger partial charge in [-0.1, -0.05) is 5.16 Å². The van der Waals surface area contributed by atoms with Crippen LogP contribution in [0.1, 0.15) is 23.8 Å². The quantitative estimate of drug-likeness (QED) is 0.653. The van der Waals surface area contributed by atoms with Crippen LogP contribution >= 0.6 is 0 Å². The van der Waals surface area contributed by atoms with Crippen molar-refractivity contribution in [1.82, 2.24) is 10.1 Å². The summed E-state index contributed by atoms with van der Waals surface area (Å²) in [5.74, 6) is 1.37. The highest BCUT2D eigenvalue weighted by molar-refractivity contribution is 5.97. The Morgan fingerprint density at radius 3 is 2.52 bits per heavy atom. The van der Waals surface area contributed by atoms with E-state index in [1.807, 2.05) is 0 Å². The predicted molar refractivity (Wildman–Crippen MR) is 104 cm³/mol. The summed E-state index contributed by atoms with van der Waals surface area (Å²) < 4.78 is 29.4. The molecule has 150 valence electrons. The van der Waals surface area contributed by atoms with Gasteiger partial charge in [0.05, 0.1) is 20.1 Å². The molecule has 0 saturated carbocycles. The van der Waals surface area contributed by atoms with Gasteiger partial charge in [0.1, 0.15) is 17.3 Å². The Balaban J connectivity index is 1.58. The topological polar surface area (TPSA) is 77.7 Å². The van der Waals surface area contributed by atoms with E-state index in [9.17, 15) is 9.18 Å². The van der Waals surface area contributed by atoms with Crippen LogP contribution in [0.2, 0.25) is 0 Å². The van der Waals surface area contributed by atoms with Gasteiger partial charge in [-0.3, -0.25) is 4.79 Å². The Morgan fingerprint density at radius 1 is 1.14 bits per heavy atom. The minimum Gasteiger partial charge on any atom is -0.497 e. The average molecular weight is 397 g/mol. The second-order valence-corrected chi connectivity index (χ2v) is 6.89. The molecule has 1 unspecified atom stereocenters. The molecule has 1 amide bonds. The number of benzene rings is 2. The number of hydrogen-bond donors (Lipinski definition) is 0. The van der Waals surface area contributed by atoms with E-state index in [1.54, 1.807) is 50.3 Å². The van der Waals surface area contributed by atoms with Gasteiger partial charge >= 0.3 is 0 Å². The minimum absolute atomic E-state index is 0.0625. The fraction of sp³-hybridized carbons (Fsp3) is 0.286. The number of aromatic nitrogens is 2. The Morgan fingerprint density at radius 2 is 1.86 bits per heavy atom. The molecule has 7 nitrogen and oxygen atoms in total. The van der Waals surface area contributed by atoms with Crippen molar-refractivity contribution in [3.8, 4) is 22.9 Å². The Kier molecular flexibility index (Phi) is 4.92. The molecule has 1 aliphatic heterocycles. The van der Waals surface area contributed by atoms with Gasteiger partial charge in [-0.05, 0) is 42.8 Å². The molecule has 0 N–H and O–H groups in total. The standard InChI is InChI=1S/C21H20FN3O4/c1-12-6-15(22)4-5-18(12)25-11-14(9-19(25)26)21-23-20(24-29-21)13-7-16(27-2)10-17(8-13)28-3/h4-8,10,14H,9,11H2,1-3H3. The first-order valence-electron chi connectivity index (χ1n) is 9.12. The maximum atomic E-state index is 13.4. The number of rotatable bonds is 5. The number of carbonyl (C=O) groups excluding carboxylic acids is 1. The van der Waals surface area contributed by atoms with Gasteiger partial charge < -0.3 is 18.9 Å². The molecule has 3 aromatic rings. The van der Waals surface area contributed by atoms with E-state index < -0.39 is 0 Å². The molecule has 0 radical (unpaired) electrons. The second-order valence-electron chi connectivity index (χ2n) is 6.89. The van der Waals surface area contributed by atoms with Crippen LogP contribution in [-0.2, 0) is 4.79 Å². The summed E-state index contributed by atoms with van der Waals surface area (Å²) in [5.41, 5.74) is 2.08. The van der Waals surface area contributed by atoms with E-state index in [-0.39, 0.29) is 24.1 Å². The van der Waals surface area contributed by atoms with E-state index in [1.165, 1.54) is 12.1 Å². The number of hydrogen-bond acceptors (Lipinski definition) is 6. The summed E-state index contributed by atoms with van der Waals surface area (Å²) >= 11 is 0. The van der Waals surface area contributed by atoms with E-state index in [2.05, 4.69) is 10.1 Å². The maximum absolute atomic E-state index is 13.4. The number of ether oxygens (including phenoxy) is 2. The summed E-state index contributed by atoms with van der Waals surface area (Å²) in [7, 11) is 3.13. The zero-order valence-corrected chi connectivity index (χ0v) is 16.3. The number of anilines is 1. The third-order valence-electron chi connectivity index (χ3n) is 4.98. The van der Waals surface area contributed by atoms with Crippen LogP contribution in [0.25, 0.3) is 11.4 Å². The van der Waals surface area contributed by atoms with E-state index in [0.29, 0.717) is 46.6 Å². The zero-order valence-electron chi connectivity index (χ0n) is 16.3. The van der Waals surface area contributed by atoms with Gasteiger partial charge in [-0.15, -0.1) is 0 Å². The number of amides is 1. The van der Waals surface area contributed by atoms with Gasteiger partial charge in [-0.2, -0.15) is 4.98 Å². The lowest BCUT2D eigenvalue weighted by Gasteiger charge is -2.18. The zero-order chi connectivity index (χ0) is 20.5. The first-order valence-corrected chi connectivity index (χ1v) is 9.12. The van der Waals surface area contributed by atoms with Crippen LogP contribution in [0.15, 0.2) is 40.9 Å². The normalized spacial score (nSPS) is 16.3. The van der Waals surface area contributed by atoms with Gasteiger partial charge in [0, 0.05) is 30.3 Å². The van der Waals surface area contributed by atoms with Crippen molar-refractivity contribution in [1.29, 1.82) is 0 Å². The number of methoxy groups -OCH3 is 2. The van der Waals surface area contributed by atoms with E-state index >= 15 is 0 Å². The number of carbonyl (C=O) groups is 1. The number of halogens is 1. The van der Waals surface area contributed by atoms with Crippen LogP contribution in [0.3, 0.4) is 0 Å². The van der Waals surface area contributed by atoms with Gasteiger partial charge in [0.2, 0.25) is 17.6 Å². The summed E-state index contributed by atoms with van der Waals surface area (Å²) in [5, 5.41) is 4.06. The highest BCUT2D eigenvalue weighted by Gasteiger charge is 2.35. The molecular weight excluding hydrogens is 377 g/mol. The number of nitrogens with zero attached hydrogens (tertiary/aromatic N) is 3. The molecule has 0 spiro atoms. The molecule has 2 heterocycles. The summed E-state index contributed by atoms with van der Waals surface area (Å²) in [6.45, 7) is 2.17. The Labute approximate surface area is 167 Å². The summed E-state index contributed by atoms with van der Waals surface area (Å²) in [4.78, 5) is 18.7. The van der Waals surface area contributed by atoms with Crippen molar-refractivity contribution < 1.29 is 23.2 Å². The third kappa shape index (κ3) is 3.65. The highest BCUT2D eigenvalue weighted by Crippen LogP contribution is 2.34. The lowest BCUT2D eigenvalue weighted by molar-refractivity contribution is -0.117. The van der Waals surface area contributed by atoms with Crippen molar-refractivity contribution in [3.05, 3.63) is 53.7 Å². The maximum Gasteiger partial charge on any atom is 0.232 e. The molecule has 8 heteroatoms. The molecule has 2 aromatic carbocycles. The van der Waals surface area contributed by atoms with Crippen LogP contribution in [0.4, 0.5) is 10.1 Å². The minimum atomic E-state index is -0.329. The summed E-state index contributed by atoms with van der Waals surface area (Å²) in [6, 6.07) is 9.70. The molecule has 29 heavy (non-hydrogen) atoms. The molecule has 0 bridgehead atoms. The van der Waals surface area contributed by atoms with Gasteiger partial charge in [0.25, 0.3) is 0 Å². The van der Waals surface area contributed by atoms with Crippen molar-refractivity contribution in [2.24, 2.45) is 0 Å². The Hall–Kier alpha value is -3.42. The van der Waals surface area contributed by atoms with Crippen LogP contribution < -0.4 is 14.4 Å². The van der Waals surface area contributed by atoms with Crippen LogP contribution in [0, 0.1) is 12.7 Å². The second kappa shape index (κ2) is 7.54. The smallest absolute Gasteiger partial charge is 0.232 e. The molecule has 1 aromatic heterocycles. The largest absolute Gasteiger partial charge is 0.497 e. The molecule has 1 aliphatic rings. The lowest BCUT2D eigenvalue weighted by Crippen LogP contribution is -2.25. The fourth-order valence-corrected chi connectivity index (χ4v) is 3.48.